The molecule has 2 N–H and O–H groups in total. The molecule has 0 atom stereocenters. The summed E-state index contributed by atoms with van der Waals surface area (Å²) in [7, 11) is 1.70. The normalized spacial score (nSPS) is 18.2. The summed E-state index contributed by atoms with van der Waals surface area (Å²) in [6, 6.07) is 6.34. The van der Waals surface area contributed by atoms with Gasteiger partial charge < -0.3 is 19.9 Å². The van der Waals surface area contributed by atoms with Crippen molar-refractivity contribution in [2.24, 2.45) is 0 Å². The van der Waals surface area contributed by atoms with Gasteiger partial charge in [-0.2, -0.15) is 0 Å². The molecule has 0 unspecified atom stereocenters. The summed E-state index contributed by atoms with van der Waals surface area (Å²) in [6.45, 7) is 3.19. The molecule has 1 fully saturated rings. The van der Waals surface area contributed by atoms with Gasteiger partial charge in [0.25, 0.3) is 0 Å². The zero-order chi connectivity index (χ0) is 20.3. The average molecular weight is 398 g/mol. The number of likely N-dealkylation sites (tertiary alicyclic amines) is 1. The molecule has 0 amide bonds. The fourth-order valence-corrected chi connectivity index (χ4v) is 4.21. The Labute approximate surface area is 169 Å². The molecule has 3 heterocycles. The lowest BCUT2D eigenvalue weighted by Gasteiger charge is -2.45. The van der Waals surface area contributed by atoms with Crippen molar-refractivity contribution in [1.82, 2.24) is 14.9 Å². The van der Waals surface area contributed by atoms with Crippen molar-refractivity contribution >= 4 is 11.9 Å². The van der Waals surface area contributed by atoms with Gasteiger partial charge in [-0.3, -0.25) is 9.69 Å². The zero-order valence-electron chi connectivity index (χ0n) is 16.6. The number of aromatic nitrogens is 2. The van der Waals surface area contributed by atoms with Crippen LogP contribution in [-0.4, -0.2) is 59.3 Å². The highest BCUT2D eigenvalue weighted by Crippen LogP contribution is 2.42. The summed E-state index contributed by atoms with van der Waals surface area (Å²) in [5, 5.41) is 11.4. The predicted molar refractivity (Wildman–Crippen MR) is 107 cm³/mol. The van der Waals surface area contributed by atoms with E-state index < -0.39 is 5.97 Å². The molecule has 1 spiro atoms. The van der Waals surface area contributed by atoms with Crippen LogP contribution in [0.15, 0.2) is 30.6 Å². The topological polar surface area (TPSA) is 96.8 Å². The largest absolute Gasteiger partial charge is 0.497 e. The van der Waals surface area contributed by atoms with Crippen molar-refractivity contribution in [2.45, 2.75) is 31.4 Å². The molecule has 2 aliphatic heterocycles. The lowest BCUT2D eigenvalue weighted by molar-refractivity contribution is -0.134. The number of fused-ring (bicyclic) bond motifs is 2. The van der Waals surface area contributed by atoms with Crippen molar-refractivity contribution in [1.29, 1.82) is 0 Å². The van der Waals surface area contributed by atoms with Crippen LogP contribution < -0.4 is 10.1 Å². The molecule has 1 aromatic heterocycles. The number of benzene rings is 1. The molecule has 4 rings (SSSR count). The van der Waals surface area contributed by atoms with Crippen LogP contribution in [0.4, 0.5) is 5.95 Å². The van der Waals surface area contributed by atoms with Crippen LogP contribution in [0, 0.1) is 0 Å². The number of ether oxygens (including phenoxy) is 2. The van der Waals surface area contributed by atoms with E-state index in [9.17, 15) is 4.79 Å². The predicted octanol–water partition coefficient (Wildman–Crippen LogP) is 2.05. The maximum absolute atomic E-state index is 10.6. The first kappa shape index (κ1) is 19.6. The van der Waals surface area contributed by atoms with E-state index in [1.807, 2.05) is 6.07 Å². The fraction of sp³-hybridized carbons (Fsp3) is 0.476. The lowest BCUT2D eigenvalue weighted by Crippen LogP contribution is -2.46. The summed E-state index contributed by atoms with van der Waals surface area (Å²) < 4.78 is 11.7. The number of nitrogens with zero attached hydrogens (tertiary/aromatic N) is 3. The Kier molecular flexibility index (Phi) is 5.64. The molecular weight excluding hydrogens is 372 g/mol. The molecule has 8 nitrogen and oxygen atoms in total. The van der Waals surface area contributed by atoms with E-state index in [1.165, 1.54) is 11.1 Å². The minimum absolute atomic E-state index is 0.194. The Morgan fingerprint density at radius 1 is 1.31 bits per heavy atom. The van der Waals surface area contributed by atoms with Gasteiger partial charge in [-0.1, -0.05) is 6.07 Å². The number of rotatable bonds is 6. The number of hydrogen-bond acceptors (Lipinski definition) is 7. The summed E-state index contributed by atoms with van der Waals surface area (Å²) in [6.07, 6.45) is 6.33. The molecule has 1 saturated heterocycles. The van der Waals surface area contributed by atoms with Gasteiger partial charge >= 0.3 is 5.97 Å². The minimum Gasteiger partial charge on any atom is -0.497 e. The summed E-state index contributed by atoms with van der Waals surface area (Å²) >= 11 is 0. The molecule has 8 heteroatoms. The molecule has 0 saturated carbocycles. The number of carboxylic acid groups (broad SMARTS) is 1. The van der Waals surface area contributed by atoms with Crippen LogP contribution in [-0.2, 0) is 28.1 Å². The second kappa shape index (κ2) is 8.34. The number of piperidine rings is 1. The van der Waals surface area contributed by atoms with Gasteiger partial charge in [-0.25, -0.2) is 9.97 Å². The van der Waals surface area contributed by atoms with Crippen molar-refractivity contribution in [3.05, 3.63) is 47.3 Å². The highest BCUT2D eigenvalue weighted by molar-refractivity contribution is 5.71. The van der Waals surface area contributed by atoms with E-state index >= 15 is 0 Å². The molecule has 154 valence electrons. The van der Waals surface area contributed by atoms with Gasteiger partial charge in [0.15, 0.2) is 0 Å². The van der Waals surface area contributed by atoms with E-state index in [0.29, 0.717) is 5.95 Å². The first-order valence-electron chi connectivity index (χ1n) is 9.88. The monoisotopic (exact) mass is 398 g/mol. The molecule has 0 radical (unpaired) electrons. The molecule has 29 heavy (non-hydrogen) atoms. The Morgan fingerprint density at radius 3 is 2.76 bits per heavy atom. The molecule has 0 aliphatic carbocycles. The number of carboxylic acids is 1. The maximum atomic E-state index is 10.6. The Balaban J connectivity index is 1.37. The molecule has 1 aromatic carbocycles. The van der Waals surface area contributed by atoms with Crippen LogP contribution in [0.25, 0.3) is 0 Å². The number of anilines is 1. The number of hydrogen-bond donors (Lipinski definition) is 2. The van der Waals surface area contributed by atoms with Crippen molar-refractivity contribution in [3.8, 4) is 5.75 Å². The van der Waals surface area contributed by atoms with E-state index in [0.717, 1.165) is 56.8 Å². The van der Waals surface area contributed by atoms with E-state index in [2.05, 4.69) is 32.3 Å². The maximum Gasteiger partial charge on any atom is 0.322 e. The minimum atomic E-state index is -0.940. The Morgan fingerprint density at radius 2 is 2.07 bits per heavy atom. The van der Waals surface area contributed by atoms with Crippen LogP contribution >= 0.6 is 0 Å². The van der Waals surface area contributed by atoms with Gasteiger partial charge in [0.05, 0.1) is 19.3 Å². The number of nitrogens with one attached hydrogen (secondary N) is 1. The molecule has 2 aliphatic rings. The Bertz CT molecular complexity index is 863. The third-order valence-electron chi connectivity index (χ3n) is 5.73. The second-order valence-electron chi connectivity index (χ2n) is 7.55. The van der Waals surface area contributed by atoms with E-state index in [-0.39, 0.29) is 12.1 Å². The van der Waals surface area contributed by atoms with E-state index in [1.54, 1.807) is 19.5 Å². The lowest BCUT2D eigenvalue weighted by atomic mass is 9.79. The van der Waals surface area contributed by atoms with Gasteiger partial charge in [0.1, 0.15) is 12.3 Å². The molecule has 0 bridgehead atoms. The van der Waals surface area contributed by atoms with Gasteiger partial charge in [-0.15, -0.1) is 0 Å². The van der Waals surface area contributed by atoms with Gasteiger partial charge in [-0.05, 0) is 42.5 Å². The fourth-order valence-electron chi connectivity index (χ4n) is 4.21. The molecular formula is C21H26N4O4. The summed E-state index contributed by atoms with van der Waals surface area (Å²) in [5.41, 5.74) is 3.46. The quantitative estimate of drug-likeness (QED) is 0.763. The van der Waals surface area contributed by atoms with Gasteiger partial charge in [0.2, 0.25) is 5.95 Å². The third kappa shape index (κ3) is 4.33. The van der Waals surface area contributed by atoms with Crippen molar-refractivity contribution < 1.29 is 19.4 Å². The zero-order valence-corrected chi connectivity index (χ0v) is 16.6. The number of methoxy groups -OCH3 is 1. The SMILES string of the molecule is COc1ccc2c(c1)CCOC21CCN(Cc2cnc(NCC(=O)O)nc2)CC1. The average Bonchev–Trinajstić information content (AvgIpc) is 2.75. The standard InChI is InChI=1S/C21H26N4O4/c1-28-17-2-3-18-16(10-17)4-9-29-21(18)5-7-25(8-6-21)14-15-11-22-20(23-12-15)24-13-19(26)27/h2-3,10-12H,4-9,13-14H2,1H3,(H,26,27)(H,22,23,24). The summed E-state index contributed by atoms with van der Waals surface area (Å²) in [4.78, 5) is 21.4. The molecule has 2 aromatic rings. The van der Waals surface area contributed by atoms with E-state index in [4.69, 9.17) is 14.6 Å². The number of carbonyl (C=O) groups is 1. The van der Waals surface area contributed by atoms with Crippen LogP contribution in [0.5, 0.6) is 5.75 Å². The van der Waals surface area contributed by atoms with Crippen molar-refractivity contribution in [2.75, 3.05) is 38.7 Å². The highest BCUT2D eigenvalue weighted by Gasteiger charge is 2.40. The smallest absolute Gasteiger partial charge is 0.322 e. The van der Waals surface area contributed by atoms with Crippen LogP contribution in [0.2, 0.25) is 0 Å². The first-order chi connectivity index (χ1) is 14.1. The third-order valence-corrected chi connectivity index (χ3v) is 5.73. The Hall–Kier alpha value is -2.71. The van der Waals surface area contributed by atoms with Crippen LogP contribution in [0.3, 0.4) is 0 Å². The first-order valence-corrected chi connectivity index (χ1v) is 9.88. The highest BCUT2D eigenvalue weighted by atomic mass is 16.5. The van der Waals surface area contributed by atoms with Gasteiger partial charge in [0, 0.05) is 37.6 Å². The van der Waals surface area contributed by atoms with Crippen molar-refractivity contribution in [3.63, 3.8) is 0 Å². The second-order valence-corrected chi connectivity index (χ2v) is 7.55. The number of aliphatic carboxylic acids is 1. The summed E-state index contributed by atoms with van der Waals surface area (Å²) in [5.74, 6) is 0.292. The van der Waals surface area contributed by atoms with Crippen LogP contribution in [0.1, 0.15) is 29.5 Å².